The second-order valence-electron chi connectivity index (χ2n) is 8.14. The van der Waals surface area contributed by atoms with Gasteiger partial charge in [0.2, 0.25) is 5.89 Å². The number of nitrogens with one attached hydrogen (secondary N) is 2. The highest BCUT2D eigenvalue weighted by atomic mass is 16.5. The zero-order valence-electron chi connectivity index (χ0n) is 19.2. The van der Waals surface area contributed by atoms with Gasteiger partial charge in [0.25, 0.3) is 11.8 Å². The standard InChI is InChI=1S/C24H29N5O4/c1-4-8-16-13-20(29(3)28-16)22(30)25-14-19-15(2)33-24(27-19)17-9-5-6-10-18(17)26-23(31)21-11-7-12-32-21/h5-6,9-10,13,21H,4,7-8,11-12,14H2,1-3H3,(H,25,30)(H,26,31)/t21-/m1/s1. The summed E-state index contributed by atoms with van der Waals surface area (Å²) >= 11 is 0. The summed E-state index contributed by atoms with van der Waals surface area (Å²) in [4.78, 5) is 29.7. The van der Waals surface area contributed by atoms with E-state index in [2.05, 4.69) is 27.6 Å². The molecule has 1 saturated heterocycles. The average Bonchev–Trinajstić information content (AvgIpc) is 3.53. The fourth-order valence-electron chi connectivity index (χ4n) is 3.86. The number of ether oxygens (including phenoxy) is 1. The predicted octanol–water partition coefficient (Wildman–Crippen LogP) is 3.38. The number of benzene rings is 1. The van der Waals surface area contributed by atoms with Gasteiger partial charge in [-0.15, -0.1) is 0 Å². The van der Waals surface area contributed by atoms with Crippen molar-refractivity contribution in [3.05, 3.63) is 53.2 Å². The topological polar surface area (TPSA) is 111 Å². The Labute approximate surface area is 192 Å². The van der Waals surface area contributed by atoms with Gasteiger partial charge < -0.3 is 19.8 Å². The van der Waals surface area contributed by atoms with Crippen LogP contribution < -0.4 is 10.6 Å². The molecule has 0 bridgehead atoms. The third-order valence-electron chi connectivity index (χ3n) is 5.62. The van der Waals surface area contributed by atoms with E-state index in [-0.39, 0.29) is 18.4 Å². The molecule has 1 aromatic carbocycles. The normalized spacial score (nSPS) is 15.5. The predicted molar refractivity (Wildman–Crippen MR) is 123 cm³/mol. The Balaban J connectivity index is 1.46. The molecule has 9 nitrogen and oxygen atoms in total. The van der Waals surface area contributed by atoms with E-state index in [1.54, 1.807) is 24.7 Å². The van der Waals surface area contributed by atoms with Gasteiger partial charge in [-0.25, -0.2) is 4.98 Å². The lowest BCUT2D eigenvalue weighted by molar-refractivity contribution is -0.124. The van der Waals surface area contributed by atoms with Crippen LogP contribution in [0.2, 0.25) is 0 Å². The molecule has 0 spiro atoms. The SMILES string of the molecule is CCCc1cc(C(=O)NCc2nc(-c3ccccc3NC(=O)[C@H]3CCCO3)oc2C)n(C)n1. The van der Waals surface area contributed by atoms with Crippen LogP contribution in [0.3, 0.4) is 0 Å². The summed E-state index contributed by atoms with van der Waals surface area (Å²) < 4.78 is 12.9. The number of amides is 2. The van der Waals surface area contributed by atoms with E-state index in [1.807, 2.05) is 24.3 Å². The first-order valence-corrected chi connectivity index (χ1v) is 11.3. The maximum absolute atomic E-state index is 12.7. The summed E-state index contributed by atoms with van der Waals surface area (Å²) in [5.41, 5.74) is 3.29. The Morgan fingerprint density at radius 1 is 1.27 bits per heavy atom. The lowest BCUT2D eigenvalue weighted by atomic mass is 10.1. The lowest BCUT2D eigenvalue weighted by Crippen LogP contribution is -2.27. The average molecular weight is 452 g/mol. The summed E-state index contributed by atoms with van der Waals surface area (Å²) in [6.07, 6.45) is 2.96. The fraction of sp³-hybridized carbons (Fsp3) is 0.417. The Hall–Kier alpha value is -3.46. The fourth-order valence-corrected chi connectivity index (χ4v) is 3.86. The summed E-state index contributed by atoms with van der Waals surface area (Å²) in [5, 5.41) is 10.2. The number of oxazole rings is 1. The van der Waals surface area contributed by atoms with Crippen molar-refractivity contribution in [3.8, 4) is 11.5 Å². The zero-order valence-corrected chi connectivity index (χ0v) is 19.2. The molecule has 2 amide bonds. The van der Waals surface area contributed by atoms with Crippen LogP contribution in [0.1, 0.15) is 53.8 Å². The van der Waals surface area contributed by atoms with Crippen LogP contribution in [-0.2, 0) is 29.5 Å². The first-order valence-electron chi connectivity index (χ1n) is 11.3. The van der Waals surface area contributed by atoms with E-state index in [0.29, 0.717) is 47.3 Å². The molecule has 3 aromatic rings. The largest absolute Gasteiger partial charge is 0.441 e. The minimum Gasteiger partial charge on any atom is -0.441 e. The van der Waals surface area contributed by atoms with Gasteiger partial charge in [-0.2, -0.15) is 5.10 Å². The van der Waals surface area contributed by atoms with E-state index in [1.165, 1.54) is 0 Å². The van der Waals surface area contributed by atoms with Gasteiger partial charge in [0.1, 0.15) is 23.3 Å². The first-order chi connectivity index (χ1) is 16.0. The third kappa shape index (κ3) is 5.14. The molecule has 2 N–H and O–H groups in total. The van der Waals surface area contributed by atoms with E-state index >= 15 is 0 Å². The number of aryl methyl sites for hydroxylation is 3. The number of nitrogens with zero attached hydrogens (tertiary/aromatic N) is 3. The van der Waals surface area contributed by atoms with Crippen LogP contribution in [0, 0.1) is 6.92 Å². The third-order valence-corrected chi connectivity index (χ3v) is 5.62. The first kappa shape index (κ1) is 22.7. The molecular formula is C24H29N5O4. The smallest absolute Gasteiger partial charge is 0.269 e. The summed E-state index contributed by atoms with van der Waals surface area (Å²) in [7, 11) is 1.76. The van der Waals surface area contributed by atoms with Crippen LogP contribution in [0.25, 0.3) is 11.5 Å². The maximum atomic E-state index is 12.7. The summed E-state index contributed by atoms with van der Waals surface area (Å²) in [5.74, 6) is 0.586. The Morgan fingerprint density at radius 3 is 2.85 bits per heavy atom. The van der Waals surface area contributed by atoms with Crippen LogP contribution in [0.4, 0.5) is 5.69 Å². The molecule has 0 unspecified atom stereocenters. The van der Waals surface area contributed by atoms with Gasteiger partial charge in [0.05, 0.1) is 23.5 Å². The van der Waals surface area contributed by atoms with Crippen molar-refractivity contribution in [1.29, 1.82) is 0 Å². The molecule has 2 aromatic heterocycles. The molecule has 1 aliphatic rings. The summed E-state index contributed by atoms with van der Waals surface area (Å²) in [6.45, 7) is 4.69. The number of rotatable bonds is 8. The van der Waals surface area contributed by atoms with Gasteiger partial charge in [-0.3, -0.25) is 14.3 Å². The van der Waals surface area contributed by atoms with Crippen molar-refractivity contribution in [2.24, 2.45) is 7.05 Å². The van der Waals surface area contributed by atoms with Crippen LogP contribution in [-0.4, -0.2) is 39.3 Å². The quantitative estimate of drug-likeness (QED) is 0.543. The molecule has 0 saturated carbocycles. The lowest BCUT2D eigenvalue weighted by Gasteiger charge is -2.12. The number of hydrogen-bond acceptors (Lipinski definition) is 6. The molecule has 0 aliphatic carbocycles. The number of carbonyl (C=O) groups excluding carboxylic acids is 2. The molecule has 4 rings (SSSR count). The second kappa shape index (κ2) is 9.99. The minimum atomic E-state index is -0.431. The maximum Gasteiger partial charge on any atom is 0.269 e. The Bertz CT molecular complexity index is 1140. The van der Waals surface area contributed by atoms with Gasteiger partial charge >= 0.3 is 0 Å². The van der Waals surface area contributed by atoms with Crippen molar-refractivity contribution in [3.63, 3.8) is 0 Å². The second-order valence-corrected chi connectivity index (χ2v) is 8.14. The number of hydrogen-bond donors (Lipinski definition) is 2. The number of carbonyl (C=O) groups is 2. The zero-order chi connectivity index (χ0) is 23.4. The van der Waals surface area contributed by atoms with Crippen LogP contribution in [0.15, 0.2) is 34.7 Å². The van der Waals surface area contributed by atoms with Gasteiger partial charge in [-0.1, -0.05) is 25.5 Å². The number of para-hydroxylation sites is 1. The molecule has 174 valence electrons. The molecular weight excluding hydrogens is 422 g/mol. The molecule has 0 radical (unpaired) electrons. The highest BCUT2D eigenvalue weighted by molar-refractivity contribution is 5.97. The molecule has 1 atom stereocenters. The Morgan fingerprint density at radius 2 is 2.09 bits per heavy atom. The highest BCUT2D eigenvalue weighted by Gasteiger charge is 2.25. The highest BCUT2D eigenvalue weighted by Crippen LogP contribution is 2.29. The molecule has 1 aliphatic heterocycles. The van der Waals surface area contributed by atoms with Gasteiger partial charge in [0.15, 0.2) is 0 Å². The van der Waals surface area contributed by atoms with Crippen molar-refractivity contribution >= 4 is 17.5 Å². The van der Waals surface area contributed by atoms with Crippen molar-refractivity contribution in [2.75, 3.05) is 11.9 Å². The molecule has 1 fully saturated rings. The van der Waals surface area contributed by atoms with Crippen LogP contribution >= 0.6 is 0 Å². The molecule has 33 heavy (non-hydrogen) atoms. The Kier molecular flexibility index (Phi) is 6.88. The monoisotopic (exact) mass is 451 g/mol. The van der Waals surface area contributed by atoms with Gasteiger partial charge in [0, 0.05) is 13.7 Å². The van der Waals surface area contributed by atoms with Gasteiger partial charge in [-0.05, 0) is 44.4 Å². The van der Waals surface area contributed by atoms with E-state index in [9.17, 15) is 9.59 Å². The van der Waals surface area contributed by atoms with E-state index < -0.39 is 6.10 Å². The molecule has 3 heterocycles. The number of aromatic nitrogens is 3. The minimum absolute atomic E-state index is 0.172. The van der Waals surface area contributed by atoms with E-state index in [4.69, 9.17) is 9.15 Å². The number of anilines is 1. The van der Waals surface area contributed by atoms with Crippen molar-refractivity contribution < 1.29 is 18.7 Å². The van der Waals surface area contributed by atoms with Crippen LogP contribution in [0.5, 0.6) is 0 Å². The van der Waals surface area contributed by atoms with Crippen molar-refractivity contribution in [2.45, 2.75) is 52.2 Å². The van der Waals surface area contributed by atoms with E-state index in [0.717, 1.165) is 25.0 Å². The van der Waals surface area contributed by atoms with Crippen molar-refractivity contribution in [1.82, 2.24) is 20.1 Å². The summed E-state index contributed by atoms with van der Waals surface area (Å²) in [6, 6.07) is 9.15. The molecule has 9 heteroatoms.